The molecule has 0 saturated carbocycles. The van der Waals surface area contributed by atoms with Gasteiger partial charge in [0.2, 0.25) is 5.91 Å². The molecule has 0 fully saturated rings. The van der Waals surface area contributed by atoms with Crippen molar-refractivity contribution in [3.05, 3.63) is 41.7 Å². The normalized spacial score (nSPS) is 16.2. The van der Waals surface area contributed by atoms with Gasteiger partial charge in [-0.15, -0.1) is 10.2 Å². The largest absolute Gasteiger partial charge is 0.346 e. The summed E-state index contributed by atoms with van der Waals surface area (Å²) in [6.07, 6.45) is 3.55. The first-order chi connectivity index (χ1) is 12.5. The Labute approximate surface area is 154 Å². The smallest absolute Gasteiger partial charge is 0.217 e. The topological polar surface area (TPSA) is 75.9 Å². The highest BCUT2D eigenvalue weighted by atomic mass is 16.1. The summed E-state index contributed by atoms with van der Waals surface area (Å²) in [5.41, 5.74) is 1.08. The number of hydrogen-bond acceptors (Lipinski definition) is 5. The standard InChI is InChI=1S/C19H28N6O/c1-14(2)12-17(21-15(3)26)19-23-22-18-7-9-24(10-11-25(18)19)13-16-6-4-5-8-20-16/h4-6,8,14,17H,7,9-13H2,1-3H3,(H,21,26). The van der Waals surface area contributed by atoms with E-state index in [0.717, 1.165) is 56.4 Å². The number of hydrogen-bond donors (Lipinski definition) is 1. The number of carbonyl (C=O) groups is 1. The Morgan fingerprint density at radius 2 is 2.08 bits per heavy atom. The van der Waals surface area contributed by atoms with Crippen LogP contribution in [0.3, 0.4) is 0 Å². The molecule has 0 spiro atoms. The van der Waals surface area contributed by atoms with E-state index in [2.05, 4.69) is 49.9 Å². The Balaban J connectivity index is 1.73. The van der Waals surface area contributed by atoms with E-state index in [9.17, 15) is 4.79 Å². The molecule has 1 N–H and O–H groups in total. The minimum absolute atomic E-state index is 0.0293. The molecule has 0 aliphatic carbocycles. The maximum absolute atomic E-state index is 11.6. The van der Waals surface area contributed by atoms with E-state index < -0.39 is 0 Å². The predicted octanol–water partition coefficient (Wildman–Crippen LogP) is 1.95. The molecule has 1 atom stereocenters. The third-order valence-electron chi connectivity index (χ3n) is 4.66. The van der Waals surface area contributed by atoms with E-state index >= 15 is 0 Å². The Hall–Kier alpha value is -2.28. The molecule has 3 rings (SSSR count). The fraction of sp³-hybridized carbons (Fsp3) is 0.579. The monoisotopic (exact) mass is 356 g/mol. The first kappa shape index (κ1) is 18.5. The fourth-order valence-corrected chi connectivity index (χ4v) is 3.47. The third-order valence-corrected chi connectivity index (χ3v) is 4.66. The summed E-state index contributed by atoms with van der Waals surface area (Å²) in [6, 6.07) is 5.94. The summed E-state index contributed by atoms with van der Waals surface area (Å²) in [4.78, 5) is 18.5. The van der Waals surface area contributed by atoms with E-state index in [1.807, 2.05) is 18.3 Å². The quantitative estimate of drug-likeness (QED) is 0.856. The number of fused-ring (bicyclic) bond motifs is 1. The van der Waals surface area contributed by atoms with Crippen molar-refractivity contribution in [2.45, 2.75) is 52.7 Å². The minimum atomic E-state index is -0.0870. The lowest BCUT2D eigenvalue weighted by atomic mass is 10.0. The predicted molar refractivity (Wildman–Crippen MR) is 99.3 cm³/mol. The van der Waals surface area contributed by atoms with Crippen molar-refractivity contribution in [1.82, 2.24) is 30.0 Å². The third kappa shape index (κ3) is 4.66. The van der Waals surface area contributed by atoms with Crippen LogP contribution in [0, 0.1) is 5.92 Å². The number of aromatic nitrogens is 4. The number of amides is 1. The van der Waals surface area contributed by atoms with Gasteiger partial charge in [0, 0.05) is 45.7 Å². The molecule has 2 aromatic rings. The average Bonchev–Trinajstić information content (AvgIpc) is 2.90. The molecular formula is C19H28N6O. The Bertz CT molecular complexity index is 727. The molecule has 3 heterocycles. The molecule has 7 nitrogen and oxygen atoms in total. The molecule has 0 aromatic carbocycles. The lowest BCUT2D eigenvalue weighted by Gasteiger charge is -2.21. The van der Waals surface area contributed by atoms with Crippen LogP contribution < -0.4 is 5.32 Å². The SMILES string of the molecule is CC(=O)NC(CC(C)C)c1nnc2n1CCN(Cc1ccccn1)CC2. The molecule has 1 aliphatic heterocycles. The van der Waals surface area contributed by atoms with Crippen molar-refractivity contribution in [3.63, 3.8) is 0 Å². The van der Waals surface area contributed by atoms with E-state index in [0.29, 0.717) is 5.92 Å². The van der Waals surface area contributed by atoms with Crippen molar-refractivity contribution >= 4 is 5.91 Å². The number of carbonyl (C=O) groups excluding carboxylic acids is 1. The highest BCUT2D eigenvalue weighted by Crippen LogP contribution is 2.22. The van der Waals surface area contributed by atoms with Crippen LogP contribution in [-0.2, 0) is 24.3 Å². The summed E-state index contributed by atoms with van der Waals surface area (Å²) < 4.78 is 2.20. The van der Waals surface area contributed by atoms with Crippen LogP contribution in [0.25, 0.3) is 0 Å². The average molecular weight is 356 g/mol. The Kier molecular flexibility index (Phi) is 5.98. The molecule has 0 bridgehead atoms. The second-order valence-electron chi connectivity index (χ2n) is 7.36. The number of rotatable bonds is 6. The zero-order valence-electron chi connectivity index (χ0n) is 15.9. The van der Waals surface area contributed by atoms with Crippen molar-refractivity contribution < 1.29 is 4.79 Å². The van der Waals surface area contributed by atoms with Gasteiger partial charge in [0.1, 0.15) is 5.82 Å². The van der Waals surface area contributed by atoms with Gasteiger partial charge in [-0.25, -0.2) is 0 Å². The molecule has 1 aliphatic rings. The van der Waals surface area contributed by atoms with Gasteiger partial charge in [0.15, 0.2) is 5.82 Å². The van der Waals surface area contributed by atoms with Gasteiger partial charge in [-0.3, -0.25) is 14.7 Å². The first-order valence-corrected chi connectivity index (χ1v) is 9.34. The molecule has 1 unspecified atom stereocenters. The van der Waals surface area contributed by atoms with Crippen LogP contribution in [0.4, 0.5) is 0 Å². The zero-order valence-corrected chi connectivity index (χ0v) is 15.9. The summed E-state index contributed by atoms with van der Waals surface area (Å²) in [6.45, 7) is 9.40. The van der Waals surface area contributed by atoms with Crippen molar-refractivity contribution in [1.29, 1.82) is 0 Å². The summed E-state index contributed by atoms with van der Waals surface area (Å²) >= 11 is 0. The molecule has 140 valence electrons. The van der Waals surface area contributed by atoms with Gasteiger partial charge in [-0.1, -0.05) is 19.9 Å². The number of pyridine rings is 1. The zero-order chi connectivity index (χ0) is 18.5. The minimum Gasteiger partial charge on any atom is -0.346 e. The summed E-state index contributed by atoms with van der Waals surface area (Å²) in [5, 5.41) is 11.9. The van der Waals surface area contributed by atoms with Crippen LogP contribution in [0.1, 0.15) is 50.6 Å². The molecule has 0 radical (unpaired) electrons. The second-order valence-corrected chi connectivity index (χ2v) is 7.36. The van der Waals surface area contributed by atoms with Crippen molar-refractivity contribution in [2.75, 3.05) is 13.1 Å². The van der Waals surface area contributed by atoms with Crippen LogP contribution in [-0.4, -0.2) is 43.6 Å². The molecular weight excluding hydrogens is 328 g/mol. The molecule has 7 heteroatoms. The van der Waals surface area contributed by atoms with Crippen molar-refractivity contribution in [2.24, 2.45) is 5.92 Å². The van der Waals surface area contributed by atoms with Crippen LogP contribution in [0.5, 0.6) is 0 Å². The van der Waals surface area contributed by atoms with E-state index in [1.165, 1.54) is 0 Å². The molecule has 2 aromatic heterocycles. The van der Waals surface area contributed by atoms with Crippen LogP contribution >= 0.6 is 0 Å². The van der Waals surface area contributed by atoms with E-state index in [4.69, 9.17) is 0 Å². The first-order valence-electron chi connectivity index (χ1n) is 9.34. The van der Waals surface area contributed by atoms with Crippen LogP contribution in [0.15, 0.2) is 24.4 Å². The number of nitrogens with one attached hydrogen (secondary N) is 1. The summed E-state index contributed by atoms with van der Waals surface area (Å²) in [5.74, 6) is 2.32. The lowest BCUT2D eigenvalue weighted by Crippen LogP contribution is -2.31. The van der Waals surface area contributed by atoms with Gasteiger partial charge in [-0.2, -0.15) is 0 Å². The second kappa shape index (κ2) is 8.40. The fourth-order valence-electron chi connectivity index (χ4n) is 3.47. The summed E-state index contributed by atoms with van der Waals surface area (Å²) in [7, 11) is 0. The van der Waals surface area contributed by atoms with Crippen molar-refractivity contribution in [3.8, 4) is 0 Å². The Morgan fingerprint density at radius 3 is 2.77 bits per heavy atom. The maximum Gasteiger partial charge on any atom is 0.217 e. The van der Waals surface area contributed by atoms with Gasteiger partial charge in [0.25, 0.3) is 0 Å². The van der Waals surface area contributed by atoms with Gasteiger partial charge < -0.3 is 9.88 Å². The molecule has 1 amide bonds. The van der Waals surface area contributed by atoms with Gasteiger partial charge >= 0.3 is 0 Å². The van der Waals surface area contributed by atoms with Gasteiger partial charge in [0.05, 0.1) is 11.7 Å². The highest BCUT2D eigenvalue weighted by molar-refractivity contribution is 5.73. The Morgan fingerprint density at radius 1 is 1.23 bits per heavy atom. The van der Waals surface area contributed by atoms with Gasteiger partial charge in [-0.05, 0) is 24.5 Å². The highest BCUT2D eigenvalue weighted by Gasteiger charge is 2.25. The van der Waals surface area contributed by atoms with E-state index in [-0.39, 0.29) is 11.9 Å². The lowest BCUT2D eigenvalue weighted by molar-refractivity contribution is -0.119. The van der Waals surface area contributed by atoms with E-state index in [1.54, 1.807) is 6.92 Å². The molecule has 0 saturated heterocycles. The van der Waals surface area contributed by atoms with Crippen LogP contribution in [0.2, 0.25) is 0 Å². The number of nitrogens with zero attached hydrogens (tertiary/aromatic N) is 5. The maximum atomic E-state index is 11.6. The molecule has 26 heavy (non-hydrogen) atoms.